The molecule has 0 saturated carbocycles. The van der Waals surface area contributed by atoms with Crippen molar-refractivity contribution in [2.75, 3.05) is 32.7 Å². The van der Waals surface area contributed by atoms with Crippen LogP contribution in [-0.2, 0) is 17.6 Å². The molecule has 0 spiro atoms. The van der Waals surface area contributed by atoms with E-state index in [4.69, 9.17) is 16.1 Å². The zero-order chi connectivity index (χ0) is 17.6. The Bertz CT molecular complexity index is 711. The Morgan fingerprint density at radius 1 is 1.28 bits per heavy atom. The van der Waals surface area contributed by atoms with E-state index >= 15 is 0 Å². The first-order valence-corrected chi connectivity index (χ1v) is 9.02. The van der Waals surface area contributed by atoms with E-state index in [1.165, 1.54) is 5.56 Å². The molecule has 7 heteroatoms. The predicted molar refractivity (Wildman–Crippen MR) is 95.5 cm³/mol. The first kappa shape index (κ1) is 17.9. The Morgan fingerprint density at radius 3 is 2.76 bits per heavy atom. The first-order chi connectivity index (χ1) is 12.1. The number of aromatic nitrogens is 2. The quantitative estimate of drug-likeness (QED) is 0.789. The molecule has 0 radical (unpaired) electrons. The van der Waals surface area contributed by atoms with Gasteiger partial charge in [0.05, 0.1) is 6.42 Å². The van der Waals surface area contributed by atoms with E-state index in [-0.39, 0.29) is 12.3 Å². The fraction of sp³-hybridized carbons (Fsp3) is 0.500. The number of benzene rings is 1. The molecule has 1 aliphatic rings. The summed E-state index contributed by atoms with van der Waals surface area (Å²) in [5.74, 6) is 1.03. The monoisotopic (exact) mass is 362 g/mol. The summed E-state index contributed by atoms with van der Waals surface area (Å²) < 4.78 is 4.91. The van der Waals surface area contributed by atoms with Crippen molar-refractivity contribution < 1.29 is 9.32 Å². The zero-order valence-electron chi connectivity index (χ0n) is 14.4. The van der Waals surface area contributed by atoms with Crippen LogP contribution in [0.1, 0.15) is 23.7 Å². The van der Waals surface area contributed by atoms with Crippen LogP contribution in [0.4, 0.5) is 0 Å². The van der Waals surface area contributed by atoms with E-state index in [0.717, 1.165) is 50.6 Å². The summed E-state index contributed by atoms with van der Waals surface area (Å²) >= 11 is 6.01. The van der Waals surface area contributed by atoms with Crippen molar-refractivity contribution in [2.24, 2.45) is 0 Å². The molecule has 134 valence electrons. The normalized spacial score (nSPS) is 15.5. The summed E-state index contributed by atoms with van der Waals surface area (Å²) in [4.78, 5) is 20.7. The minimum absolute atomic E-state index is 0.0689. The summed E-state index contributed by atoms with van der Waals surface area (Å²) in [6, 6.07) is 8.03. The highest BCUT2D eigenvalue weighted by Gasteiger charge is 2.22. The number of rotatable bonds is 6. The summed E-state index contributed by atoms with van der Waals surface area (Å²) in [5, 5.41) is 4.58. The second kappa shape index (κ2) is 8.45. The lowest BCUT2D eigenvalue weighted by atomic mass is 10.1. The van der Waals surface area contributed by atoms with Crippen LogP contribution in [0.5, 0.6) is 0 Å². The lowest BCUT2D eigenvalue weighted by molar-refractivity contribution is -0.132. The third-order valence-electron chi connectivity index (χ3n) is 4.43. The largest absolute Gasteiger partial charge is 0.340 e. The number of nitrogens with zero attached hydrogens (tertiary/aromatic N) is 4. The van der Waals surface area contributed by atoms with E-state index in [1.54, 1.807) is 6.92 Å². The van der Waals surface area contributed by atoms with Gasteiger partial charge < -0.3 is 9.42 Å². The molecule has 1 aliphatic heterocycles. The molecule has 0 unspecified atom stereocenters. The molecule has 1 amide bonds. The summed E-state index contributed by atoms with van der Waals surface area (Å²) in [7, 11) is 0. The van der Waals surface area contributed by atoms with Crippen LogP contribution in [0.3, 0.4) is 0 Å². The van der Waals surface area contributed by atoms with Gasteiger partial charge in [-0.3, -0.25) is 9.69 Å². The Kier molecular flexibility index (Phi) is 6.04. The highest BCUT2D eigenvalue weighted by Crippen LogP contribution is 2.13. The number of hydrogen-bond acceptors (Lipinski definition) is 5. The molecular weight excluding hydrogens is 340 g/mol. The second-order valence-corrected chi connectivity index (χ2v) is 6.80. The van der Waals surface area contributed by atoms with Crippen LogP contribution >= 0.6 is 11.6 Å². The number of carbonyl (C=O) groups is 1. The van der Waals surface area contributed by atoms with E-state index in [1.807, 2.05) is 23.1 Å². The van der Waals surface area contributed by atoms with Crippen molar-refractivity contribution in [3.63, 3.8) is 0 Å². The molecule has 1 aromatic carbocycles. The fourth-order valence-corrected chi connectivity index (χ4v) is 3.29. The third kappa shape index (κ3) is 5.28. The topological polar surface area (TPSA) is 62.5 Å². The maximum absolute atomic E-state index is 12.3. The number of piperazine rings is 1. The average Bonchev–Trinajstić information content (AvgIpc) is 3.00. The number of hydrogen-bond donors (Lipinski definition) is 0. The van der Waals surface area contributed by atoms with Gasteiger partial charge in [0.2, 0.25) is 11.8 Å². The highest BCUT2D eigenvalue weighted by molar-refractivity contribution is 6.30. The standard InChI is InChI=1S/C18H23ClN4O2/c1-14-20-17(21-25-14)13-18(24)23-10-8-22(9-11-23)7-3-5-15-4-2-6-16(19)12-15/h2,4,6,12H,3,5,7-11,13H2,1H3. The molecule has 1 fully saturated rings. The molecule has 0 bridgehead atoms. The average molecular weight is 363 g/mol. The number of halogens is 1. The first-order valence-electron chi connectivity index (χ1n) is 8.64. The van der Waals surface area contributed by atoms with Crippen molar-refractivity contribution >= 4 is 17.5 Å². The Morgan fingerprint density at radius 2 is 2.08 bits per heavy atom. The van der Waals surface area contributed by atoms with Crippen LogP contribution in [0, 0.1) is 6.92 Å². The number of amides is 1. The molecule has 2 heterocycles. The minimum Gasteiger partial charge on any atom is -0.340 e. The molecule has 0 atom stereocenters. The molecule has 6 nitrogen and oxygen atoms in total. The van der Waals surface area contributed by atoms with E-state index in [2.05, 4.69) is 21.1 Å². The van der Waals surface area contributed by atoms with Gasteiger partial charge in [-0.2, -0.15) is 4.98 Å². The van der Waals surface area contributed by atoms with Crippen LogP contribution < -0.4 is 0 Å². The summed E-state index contributed by atoms with van der Waals surface area (Å²) in [6.07, 6.45) is 2.33. The Balaban J connectivity index is 1.37. The van der Waals surface area contributed by atoms with Gasteiger partial charge in [0.1, 0.15) is 0 Å². The van der Waals surface area contributed by atoms with Gasteiger partial charge in [0.15, 0.2) is 5.82 Å². The SMILES string of the molecule is Cc1nc(CC(=O)N2CCN(CCCc3cccc(Cl)c3)CC2)no1. The van der Waals surface area contributed by atoms with Crippen molar-refractivity contribution in [3.05, 3.63) is 46.6 Å². The molecule has 1 aromatic heterocycles. The molecular formula is C18H23ClN4O2. The van der Waals surface area contributed by atoms with Gasteiger partial charge in [-0.05, 0) is 37.1 Å². The molecule has 1 saturated heterocycles. The minimum atomic E-state index is 0.0689. The van der Waals surface area contributed by atoms with Crippen molar-refractivity contribution in [2.45, 2.75) is 26.2 Å². The van der Waals surface area contributed by atoms with Crippen LogP contribution in [0.2, 0.25) is 5.02 Å². The van der Waals surface area contributed by atoms with Crippen molar-refractivity contribution in [1.29, 1.82) is 0 Å². The van der Waals surface area contributed by atoms with Crippen LogP contribution in [0.25, 0.3) is 0 Å². The second-order valence-electron chi connectivity index (χ2n) is 6.36. The Labute approximate surface area is 152 Å². The van der Waals surface area contributed by atoms with Gasteiger partial charge in [-0.1, -0.05) is 28.9 Å². The number of aryl methyl sites for hydroxylation is 2. The number of carbonyl (C=O) groups excluding carboxylic acids is 1. The highest BCUT2D eigenvalue weighted by atomic mass is 35.5. The molecule has 3 rings (SSSR count). The maximum Gasteiger partial charge on any atom is 0.230 e. The van der Waals surface area contributed by atoms with E-state index in [9.17, 15) is 4.79 Å². The van der Waals surface area contributed by atoms with Gasteiger partial charge in [0, 0.05) is 38.1 Å². The van der Waals surface area contributed by atoms with Gasteiger partial charge in [-0.15, -0.1) is 0 Å². The molecule has 25 heavy (non-hydrogen) atoms. The summed E-state index contributed by atoms with van der Waals surface area (Å²) in [6.45, 7) is 6.10. The van der Waals surface area contributed by atoms with E-state index < -0.39 is 0 Å². The third-order valence-corrected chi connectivity index (χ3v) is 4.67. The molecule has 2 aromatic rings. The van der Waals surface area contributed by atoms with Crippen molar-refractivity contribution in [3.8, 4) is 0 Å². The van der Waals surface area contributed by atoms with Gasteiger partial charge >= 0.3 is 0 Å². The summed E-state index contributed by atoms with van der Waals surface area (Å²) in [5.41, 5.74) is 1.27. The van der Waals surface area contributed by atoms with Crippen molar-refractivity contribution in [1.82, 2.24) is 19.9 Å². The lowest BCUT2D eigenvalue weighted by Crippen LogP contribution is -2.49. The molecule has 0 N–H and O–H groups in total. The zero-order valence-corrected chi connectivity index (χ0v) is 15.2. The van der Waals surface area contributed by atoms with Gasteiger partial charge in [0.25, 0.3) is 0 Å². The lowest BCUT2D eigenvalue weighted by Gasteiger charge is -2.34. The maximum atomic E-state index is 12.3. The fourth-order valence-electron chi connectivity index (χ4n) is 3.08. The Hall–Kier alpha value is -1.92. The smallest absolute Gasteiger partial charge is 0.230 e. The molecule has 0 aliphatic carbocycles. The van der Waals surface area contributed by atoms with E-state index in [0.29, 0.717) is 11.7 Å². The predicted octanol–water partition coefficient (Wildman–Crippen LogP) is 2.35. The van der Waals surface area contributed by atoms with Crippen LogP contribution in [-0.4, -0.2) is 58.6 Å². The van der Waals surface area contributed by atoms with Crippen LogP contribution in [0.15, 0.2) is 28.8 Å². The van der Waals surface area contributed by atoms with Gasteiger partial charge in [-0.25, -0.2) is 0 Å².